The van der Waals surface area contributed by atoms with E-state index in [0.717, 1.165) is 5.76 Å². The third-order valence-electron chi connectivity index (χ3n) is 2.69. The summed E-state index contributed by atoms with van der Waals surface area (Å²) in [6.45, 7) is 6.09. The maximum Gasteiger partial charge on any atom is 0.257 e. The van der Waals surface area contributed by atoms with Gasteiger partial charge in [-0.15, -0.1) is 0 Å². The number of amides is 1. The molecule has 1 rings (SSSR count). The van der Waals surface area contributed by atoms with E-state index in [-0.39, 0.29) is 11.4 Å². The van der Waals surface area contributed by atoms with Crippen LogP contribution in [0.4, 0.5) is 0 Å². The highest BCUT2D eigenvalue weighted by Crippen LogP contribution is 2.16. The van der Waals surface area contributed by atoms with Gasteiger partial charge in [0.1, 0.15) is 12.0 Å². The summed E-state index contributed by atoms with van der Waals surface area (Å²) in [5.41, 5.74) is 5.83. The molecule has 0 aliphatic heterocycles. The number of nitrogens with two attached hydrogens (primary N) is 1. The molecule has 4 heteroatoms. The van der Waals surface area contributed by atoms with Crippen LogP contribution in [0.1, 0.15) is 30.0 Å². The molecule has 0 bridgehead atoms. The maximum absolute atomic E-state index is 12.0. The molecular formula is C11H18N2O2. The molecule has 0 saturated carbocycles. The number of hydrogen-bond acceptors (Lipinski definition) is 3. The maximum atomic E-state index is 12.0. The van der Waals surface area contributed by atoms with Crippen molar-refractivity contribution in [1.82, 2.24) is 4.90 Å². The molecule has 0 atom stereocenters. The lowest BCUT2D eigenvalue weighted by atomic mass is 10.0. The molecule has 1 aromatic rings. The summed E-state index contributed by atoms with van der Waals surface area (Å²) in [7, 11) is 1.75. The first kappa shape index (κ1) is 11.8. The van der Waals surface area contributed by atoms with Gasteiger partial charge in [0.25, 0.3) is 5.91 Å². The van der Waals surface area contributed by atoms with Crippen LogP contribution in [-0.2, 0) is 0 Å². The summed E-state index contributed by atoms with van der Waals surface area (Å²) in [6, 6.07) is 1.73. The van der Waals surface area contributed by atoms with E-state index in [1.54, 1.807) is 18.0 Å². The van der Waals surface area contributed by atoms with Crippen molar-refractivity contribution < 1.29 is 9.21 Å². The summed E-state index contributed by atoms with van der Waals surface area (Å²) in [4.78, 5) is 13.6. The van der Waals surface area contributed by atoms with Crippen molar-refractivity contribution in [2.45, 2.75) is 26.3 Å². The number of nitrogens with zero attached hydrogens (tertiary/aromatic N) is 1. The van der Waals surface area contributed by atoms with Gasteiger partial charge >= 0.3 is 0 Å². The summed E-state index contributed by atoms with van der Waals surface area (Å²) in [5.74, 6) is 0.666. The van der Waals surface area contributed by atoms with Crippen LogP contribution in [0.3, 0.4) is 0 Å². The lowest BCUT2D eigenvalue weighted by molar-refractivity contribution is 0.0639. The van der Waals surface area contributed by atoms with Gasteiger partial charge in [-0.25, -0.2) is 0 Å². The zero-order chi connectivity index (χ0) is 11.6. The fourth-order valence-electron chi connectivity index (χ4n) is 1.16. The highest BCUT2D eigenvalue weighted by Gasteiger charge is 2.27. The van der Waals surface area contributed by atoms with Crippen molar-refractivity contribution in [2.24, 2.45) is 5.73 Å². The minimum absolute atomic E-state index is 0.0673. The highest BCUT2D eigenvalue weighted by molar-refractivity contribution is 5.94. The monoisotopic (exact) mass is 210 g/mol. The van der Waals surface area contributed by atoms with Crippen molar-refractivity contribution in [3.8, 4) is 0 Å². The van der Waals surface area contributed by atoms with E-state index in [9.17, 15) is 4.79 Å². The molecule has 0 spiro atoms. The van der Waals surface area contributed by atoms with Gasteiger partial charge in [-0.1, -0.05) is 0 Å². The van der Waals surface area contributed by atoms with Gasteiger partial charge in [0.05, 0.1) is 5.56 Å². The second-order valence-electron chi connectivity index (χ2n) is 4.33. The molecule has 2 N–H and O–H groups in total. The summed E-state index contributed by atoms with van der Waals surface area (Å²) in [5, 5.41) is 0. The number of aryl methyl sites for hydroxylation is 1. The number of hydrogen-bond donors (Lipinski definition) is 1. The average Bonchev–Trinajstić information content (AvgIpc) is 2.62. The third kappa shape index (κ3) is 2.39. The molecule has 0 radical (unpaired) electrons. The van der Waals surface area contributed by atoms with Crippen molar-refractivity contribution >= 4 is 5.91 Å². The van der Waals surface area contributed by atoms with E-state index in [4.69, 9.17) is 10.2 Å². The van der Waals surface area contributed by atoms with Crippen LogP contribution < -0.4 is 5.73 Å². The van der Waals surface area contributed by atoms with Crippen LogP contribution in [0.2, 0.25) is 0 Å². The van der Waals surface area contributed by atoms with E-state index in [0.29, 0.717) is 12.1 Å². The Bertz CT molecular complexity index is 355. The van der Waals surface area contributed by atoms with Crippen molar-refractivity contribution in [2.75, 3.05) is 13.6 Å². The fourth-order valence-corrected chi connectivity index (χ4v) is 1.16. The molecule has 0 unspecified atom stereocenters. The summed E-state index contributed by atoms with van der Waals surface area (Å²) < 4.78 is 5.10. The molecular weight excluding hydrogens is 192 g/mol. The standard InChI is InChI=1S/C11H18N2O2/c1-8-5-9(6-15-8)10(14)13(4)11(2,3)7-12/h5-6H,7,12H2,1-4H3. The van der Waals surface area contributed by atoms with Crippen LogP contribution in [0.25, 0.3) is 0 Å². The zero-order valence-corrected chi connectivity index (χ0v) is 9.70. The molecule has 1 aromatic heterocycles. The Morgan fingerprint density at radius 1 is 1.60 bits per heavy atom. The van der Waals surface area contributed by atoms with Crippen LogP contribution in [0.5, 0.6) is 0 Å². The zero-order valence-electron chi connectivity index (χ0n) is 9.70. The first-order valence-corrected chi connectivity index (χ1v) is 4.92. The van der Waals surface area contributed by atoms with E-state index >= 15 is 0 Å². The van der Waals surface area contributed by atoms with E-state index < -0.39 is 0 Å². The molecule has 0 aromatic carbocycles. The SMILES string of the molecule is Cc1cc(C(=O)N(C)C(C)(C)CN)co1. The lowest BCUT2D eigenvalue weighted by Gasteiger charge is -2.34. The quantitative estimate of drug-likeness (QED) is 0.820. The summed E-state index contributed by atoms with van der Waals surface area (Å²) >= 11 is 0. The minimum Gasteiger partial charge on any atom is -0.469 e. The Morgan fingerprint density at radius 2 is 2.20 bits per heavy atom. The van der Waals surface area contributed by atoms with Gasteiger partial charge in [0, 0.05) is 19.1 Å². The molecule has 0 saturated heterocycles. The Labute approximate surface area is 90.0 Å². The van der Waals surface area contributed by atoms with E-state index in [1.807, 2.05) is 20.8 Å². The molecule has 84 valence electrons. The van der Waals surface area contributed by atoms with E-state index in [1.165, 1.54) is 6.26 Å². The Kier molecular flexibility index (Phi) is 3.19. The second kappa shape index (κ2) is 4.06. The molecule has 4 nitrogen and oxygen atoms in total. The van der Waals surface area contributed by atoms with Gasteiger partial charge in [0.2, 0.25) is 0 Å². The largest absolute Gasteiger partial charge is 0.469 e. The Hall–Kier alpha value is -1.29. The first-order valence-electron chi connectivity index (χ1n) is 4.92. The molecule has 15 heavy (non-hydrogen) atoms. The number of carbonyl (C=O) groups is 1. The predicted octanol–water partition coefficient (Wildman–Crippen LogP) is 1.40. The Balaban J connectivity index is 2.86. The molecule has 0 fully saturated rings. The summed E-state index contributed by atoms with van der Waals surface area (Å²) in [6.07, 6.45) is 1.47. The van der Waals surface area contributed by atoms with Crippen molar-refractivity contribution in [3.63, 3.8) is 0 Å². The number of furan rings is 1. The van der Waals surface area contributed by atoms with Gasteiger partial charge in [-0.05, 0) is 26.8 Å². The van der Waals surface area contributed by atoms with Crippen molar-refractivity contribution in [3.05, 3.63) is 23.7 Å². The fraction of sp³-hybridized carbons (Fsp3) is 0.545. The second-order valence-corrected chi connectivity index (χ2v) is 4.33. The van der Waals surface area contributed by atoms with Crippen LogP contribution >= 0.6 is 0 Å². The van der Waals surface area contributed by atoms with Crippen LogP contribution in [0, 0.1) is 6.92 Å². The first-order chi connectivity index (χ1) is 6.88. The smallest absolute Gasteiger partial charge is 0.257 e. The molecule has 1 amide bonds. The normalized spacial score (nSPS) is 11.5. The topological polar surface area (TPSA) is 59.5 Å². The molecule has 0 aliphatic rings. The van der Waals surface area contributed by atoms with Gasteiger partial charge < -0.3 is 15.1 Å². The minimum atomic E-state index is -0.345. The van der Waals surface area contributed by atoms with Crippen LogP contribution in [-0.4, -0.2) is 29.9 Å². The third-order valence-corrected chi connectivity index (χ3v) is 2.69. The van der Waals surface area contributed by atoms with Gasteiger partial charge in [-0.3, -0.25) is 4.79 Å². The lowest BCUT2D eigenvalue weighted by Crippen LogP contribution is -2.49. The van der Waals surface area contributed by atoms with Gasteiger partial charge in [0.15, 0.2) is 0 Å². The number of likely N-dealkylation sites (N-methyl/N-ethyl adjacent to an activating group) is 1. The predicted molar refractivity (Wildman–Crippen MR) is 58.7 cm³/mol. The molecule has 1 heterocycles. The van der Waals surface area contributed by atoms with Crippen molar-refractivity contribution in [1.29, 1.82) is 0 Å². The van der Waals surface area contributed by atoms with E-state index in [2.05, 4.69) is 0 Å². The Morgan fingerprint density at radius 3 is 2.60 bits per heavy atom. The molecule has 0 aliphatic carbocycles. The highest BCUT2D eigenvalue weighted by atomic mass is 16.3. The van der Waals surface area contributed by atoms with Gasteiger partial charge in [-0.2, -0.15) is 0 Å². The van der Waals surface area contributed by atoms with Crippen LogP contribution in [0.15, 0.2) is 16.7 Å². The average molecular weight is 210 g/mol. The number of rotatable bonds is 3. The number of carbonyl (C=O) groups excluding carboxylic acids is 1.